The van der Waals surface area contributed by atoms with E-state index in [4.69, 9.17) is 4.74 Å². The number of pyridine rings is 3. The Morgan fingerprint density at radius 1 is 1.33 bits per heavy atom. The van der Waals surface area contributed by atoms with E-state index in [2.05, 4.69) is 25.6 Å². The number of hydrogen-bond donors (Lipinski definition) is 3. The van der Waals surface area contributed by atoms with Crippen LogP contribution in [0.2, 0.25) is 0 Å². The van der Waals surface area contributed by atoms with Gasteiger partial charge in [-0.15, -0.1) is 11.8 Å². The highest BCUT2D eigenvalue weighted by Gasteiger charge is 2.30. The van der Waals surface area contributed by atoms with Crippen molar-refractivity contribution in [2.45, 2.75) is 29.9 Å². The van der Waals surface area contributed by atoms with Crippen molar-refractivity contribution in [1.29, 1.82) is 0 Å². The average Bonchev–Trinajstić information content (AvgIpc) is 2.88. The Kier molecular flexibility index (Phi) is 6.99. The van der Waals surface area contributed by atoms with Crippen molar-refractivity contribution < 1.29 is 23.8 Å². The van der Waals surface area contributed by atoms with E-state index in [0.717, 1.165) is 4.90 Å². The highest BCUT2D eigenvalue weighted by atomic mass is 32.2. The number of β-amino-alcohol motifs (C(OH)–C–C–N with tert-alkyl or cyclic N) is 1. The topological polar surface area (TPSA) is 130 Å². The summed E-state index contributed by atoms with van der Waals surface area (Å²) in [5.41, 5.74) is 1.67. The summed E-state index contributed by atoms with van der Waals surface area (Å²) in [4.78, 5) is 39.9. The van der Waals surface area contributed by atoms with Crippen LogP contribution in [0.4, 0.5) is 10.2 Å². The maximum absolute atomic E-state index is 14.6. The Labute approximate surface area is 210 Å². The maximum Gasteiger partial charge on any atom is 0.270 e. The zero-order valence-electron chi connectivity index (χ0n) is 19.5. The summed E-state index contributed by atoms with van der Waals surface area (Å²) in [6.07, 6.45) is 1.31. The van der Waals surface area contributed by atoms with Gasteiger partial charge in [0.05, 0.1) is 47.1 Å². The van der Waals surface area contributed by atoms with Crippen LogP contribution in [0.25, 0.3) is 11.0 Å². The molecule has 3 aromatic rings. The van der Waals surface area contributed by atoms with Gasteiger partial charge in [0.2, 0.25) is 11.8 Å². The van der Waals surface area contributed by atoms with E-state index < -0.39 is 23.9 Å². The van der Waals surface area contributed by atoms with Crippen LogP contribution in [-0.4, -0.2) is 81.4 Å². The molecule has 12 heteroatoms. The van der Waals surface area contributed by atoms with E-state index in [9.17, 15) is 19.1 Å². The van der Waals surface area contributed by atoms with Crippen molar-refractivity contribution >= 4 is 40.4 Å². The van der Waals surface area contributed by atoms with Gasteiger partial charge in [-0.3, -0.25) is 14.6 Å². The second-order valence-electron chi connectivity index (χ2n) is 8.67. The molecule has 3 N–H and O–H groups in total. The summed E-state index contributed by atoms with van der Waals surface area (Å²) in [5.74, 6) is 0.0816. The molecule has 36 heavy (non-hydrogen) atoms. The van der Waals surface area contributed by atoms with E-state index >= 15 is 0 Å². The van der Waals surface area contributed by atoms with Crippen molar-refractivity contribution in [1.82, 2.24) is 25.2 Å². The molecule has 5 rings (SSSR count). The standard InChI is InChI=1S/C24H25FN6O4S/c1-35-21-5-3-16-22(30-21)13(14(25)10-26-16)6-8-31-9-7-15(18(32)11-31)28-24(34)17-2-4-19-23(27-17)29-20(33)12-36-19/h2-5,10,15,18,32H,6-9,11-12H2,1H3,(H,28,34)(H,27,29,33)/t15-,18-/m1/s1. The van der Waals surface area contributed by atoms with Crippen LogP contribution >= 0.6 is 11.8 Å². The molecule has 2 amide bonds. The minimum absolute atomic E-state index is 0.157. The monoisotopic (exact) mass is 512 g/mol. The van der Waals surface area contributed by atoms with Crippen LogP contribution in [0, 0.1) is 5.82 Å². The molecule has 0 saturated carbocycles. The summed E-state index contributed by atoms with van der Waals surface area (Å²) in [6, 6.07) is 6.34. The minimum atomic E-state index is -0.798. The number of methoxy groups -OCH3 is 1. The number of amides is 2. The Morgan fingerprint density at radius 3 is 3.00 bits per heavy atom. The molecule has 188 valence electrons. The number of aromatic nitrogens is 3. The van der Waals surface area contributed by atoms with Crippen LogP contribution in [-0.2, 0) is 11.2 Å². The predicted molar refractivity (Wildman–Crippen MR) is 132 cm³/mol. The third-order valence-electron chi connectivity index (χ3n) is 6.32. The molecule has 0 aliphatic carbocycles. The second-order valence-corrected chi connectivity index (χ2v) is 9.69. The Morgan fingerprint density at radius 2 is 2.19 bits per heavy atom. The van der Waals surface area contributed by atoms with Gasteiger partial charge in [-0.25, -0.2) is 14.4 Å². The van der Waals surface area contributed by atoms with Crippen LogP contribution in [0.3, 0.4) is 0 Å². The van der Waals surface area contributed by atoms with Gasteiger partial charge in [0, 0.05) is 31.3 Å². The van der Waals surface area contributed by atoms with Crippen molar-refractivity contribution in [2.75, 3.05) is 37.8 Å². The zero-order chi connectivity index (χ0) is 25.2. The molecule has 0 radical (unpaired) electrons. The van der Waals surface area contributed by atoms with Crippen molar-refractivity contribution in [3.63, 3.8) is 0 Å². The van der Waals surface area contributed by atoms with Crippen molar-refractivity contribution in [3.05, 3.63) is 47.5 Å². The predicted octanol–water partition coefficient (Wildman–Crippen LogP) is 1.62. The van der Waals surface area contributed by atoms with Crippen LogP contribution in [0.15, 0.2) is 35.4 Å². The number of aliphatic hydroxyl groups is 1. The zero-order valence-corrected chi connectivity index (χ0v) is 20.3. The van der Waals surface area contributed by atoms with E-state index in [1.807, 2.05) is 4.90 Å². The molecule has 10 nitrogen and oxygen atoms in total. The number of carbonyl (C=O) groups is 2. The number of nitrogens with one attached hydrogen (secondary N) is 2. The van der Waals surface area contributed by atoms with Gasteiger partial charge in [-0.2, -0.15) is 0 Å². The summed E-state index contributed by atoms with van der Waals surface area (Å²) in [6.45, 7) is 1.46. The fourth-order valence-electron chi connectivity index (χ4n) is 4.40. The quantitative estimate of drug-likeness (QED) is 0.451. The summed E-state index contributed by atoms with van der Waals surface area (Å²) >= 11 is 1.37. The van der Waals surface area contributed by atoms with E-state index in [0.29, 0.717) is 66.5 Å². The Hall–Kier alpha value is -3.35. The molecule has 2 aliphatic rings. The van der Waals surface area contributed by atoms with Gasteiger partial charge in [0.15, 0.2) is 0 Å². The number of ether oxygens (including phenoxy) is 1. The largest absolute Gasteiger partial charge is 0.481 e. The number of halogens is 1. The smallest absolute Gasteiger partial charge is 0.270 e. The number of rotatable bonds is 6. The molecular formula is C24H25FN6O4S. The molecule has 2 atom stereocenters. The summed E-state index contributed by atoms with van der Waals surface area (Å²) < 4.78 is 19.8. The minimum Gasteiger partial charge on any atom is -0.481 e. The van der Waals surface area contributed by atoms with Crippen LogP contribution in [0.5, 0.6) is 5.88 Å². The molecule has 1 fully saturated rings. The molecule has 0 spiro atoms. The highest BCUT2D eigenvalue weighted by molar-refractivity contribution is 8.00. The number of anilines is 1. The van der Waals surface area contributed by atoms with Gasteiger partial charge < -0.3 is 25.4 Å². The fourth-order valence-corrected chi connectivity index (χ4v) is 5.16. The van der Waals surface area contributed by atoms with Gasteiger partial charge in [-0.1, -0.05) is 0 Å². The first kappa shape index (κ1) is 24.3. The number of carbonyl (C=O) groups excluding carboxylic acids is 2. The number of fused-ring (bicyclic) bond motifs is 2. The van der Waals surface area contributed by atoms with E-state index in [1.165, 1.54) is 25.1 Å². The van der Waals surface area contributed by atoms with E-state index in [1.54, 1.807) is 24.3 Å². The number of hydrogen-bond acceptors (Lipinski definition) is 9. The lowest BCUT2D eigenvalue weighted by atomic mass is 10.0. The lowest BCUT2D eigenvalue weighted by Crippen LogP contribution is -2.54. The number of aliphatic hydroxyl groups excluding tert-OH is 1. The second kappa shape index (κ2) is 10.3. The average molecular weight is 513 g/mol. The number of nitrogens with zero attached hydrogens (tertiary/aromatic N) is 4. The van der Waals surface area contributed by atoms with Crippen LogP contribution < -0.4 is 15.4 Å². The number of likely N-dealkylation sites (tertiary alicyclic amines) is 1. The van der Waals surface area contributed by atoms with E-state index in [-0.39, 0.29) is 11.6 Å². The first-order valence-corrected chi connectivity index (χ1v) is 12.5. The normalized spacial score (nSPS) is 20.0. The number of piperidine rings is 1. The van der Waals surface area contributed by atoms with Gasteiger partial charge in [-0.05, 0) is 31.0 Å². The molecule has 3 aromatic heterocycles. The Bertz CT molecular complexity index is 1330. The summed E-state index contributed by atoms with van der Waals surface area (Å²) in [7, 11) is 1.50. The molecule has 0 aromatic carbocycles. The SMILES string of the molecule is COc1ccc2ncc(F)c(CCN3CC[C@@H](NC(=O)c4ccc5c(n4)NC(=O)CS5)[C@H](O)C3)c2n1. The fraction of sp³-hybridized carbons (Fsp3) is 0.375. The van der Waals surface area contributed by atoms with Gasteiger partial charge in [0.1, 0.15) is 17.3 Å². The van der Waals surface area contributed by atoms with Gasteiger partial charge in [0.25, 0.3) is 5.91 Å². The lowest BCUT2D eigenvalue weighted by Gasteiger charge is -2.36. The molecule has 0 unspecified atom stereocenters. The lowest BCUT2D eigenvalue weighted by molar-refractivity contribution is -0.113. The molecule has 1 saturated heterocycles. The highest BCUT2D eigenvalue weighted by Crippen LogP contribution is 2.29. The van der Waals surface area contributed by atoms with Crippen molar-refractivity contribution in [3.8, 4) is 5.88 Å². The van der Waals surface area contributed by atoms with Crippen molar-refractivity contribution in [2.24, 2.45) is 0 Å². The number of thioether (sulfide) groups is 1. The third kappa shape index (κ3) is 5.11. The van der Waals surface area contributed by atoms with Crippen LogP contribution in [0.1, 0.15) is 22.5 Å². The molecule has 2 aliphatic heterocycles. The Balaban J connectivity index is 1.19. The molecule has 0 bridgehead atoms. The maximum atomic E-state index is 14.6. The first-order chi connectivity index (χ1) is 17.4. The molecule has 5 heterocycles. The van der Waals surface area contributed by atoms with Gasteiger partial charge >= 0.3 is 0 Å². The third-order valence-corrected chi connectivity index (χ3v) is 7.36. The summed E-state index contributed by atoms with van der Waals surface area (Å²) in [5, 5.41) is 16.2. The molecular weight excluding hydrogens is 487 g/mol. The first-order valence-electron chi connectivity index (χ1n) is 11.5.